The van der Waals surface area contributed by atoms with E-state index in [0.717, 1.165) is 0 Å². The Kier molecular flexibility index (Phi) is 6.37. The molecule has 10 nitrogen and oxygen atoms in total. The summed E-state index contributed by atoms with van der Waals surface area (Å²) in [5, 5.41) is 7.39. The third kappa shape index (κ3) is 4.37. The summed E-state index contributed by atoms with van der Waals surface area (Å²) >= 11 is 0. The first-order valence-corrected chi connectivity index (χ1v) is 11.0. The molecule has 4 aromatic rings. The van der Waals surface area contributed by atoms with Gasteiger partial charge in [0.05, 0.1) is 22.8 Å². The average Bonchev–Trinajstić information content (AvgIpc) is 3.06. The van der Waals surface area contributed by atoms with Gasteiger partial charge in [-0.15, -0.1) is 0 Å². The monoisotopic (exact) mass is 475 g/mol. The van der Waals surface area contributed by atoms with Crippen molar-refractivity contribution in [1.82, 2.24) is 19.1 Å². The van der Waals surface area contributed by atoms with Crippen molar-refractivity contribution in [2.45, 2.75) is 26.8 Å². The van der Waals surface area contributed by atoms with Crippen LogP contribution in [-0.2, 0) is 16.6 Å². The van der Waals surface area contributed by atoms with E-state index in [1.807, 2.05) is 18.2 Å². The summed E-state index contributed by atoms with van der Waals surface area (Å²) in [6.07, 6.45) is 0. The van der Waals surface area contributed by atoms with Crippen molar-refractivity contribution in [3.63, 3.8) is 0 Å². The lowest BCUT2D eigenvalue weighted by Crippen LogP contribution is -2.29. The molecule has 0 aliphatic carbocycles. The Labute approximate surface area is 200 Å². The van der Waals surface area contributed by atoms with E-state index < -0.39 is 24.0 Å². The molecule has 0 fully saturated rings. The van der Waals surface area contributed by atoms with Crippen molar-refractivity contribution in [3.05, 3.63) is 86.7 Å². The van der Waals surface area contributed by atoms with Gasteiger partial charge in [0.25, 0.3) is 17.0 Å². The zero-order valence-electron chi connectivity index (χ0n) is 19.8. The molecule has 0 spiro atoms. The number of benzene rings is 2. The minimum absolute atomic E-state index is 0.0657. The number of rotatable bonds is 6. The van der Waals surface area contributed by atoms with E-state index in [2.05, 4.69) is 10.4 Å². The van der Waals surface area contributed by atoms with Crippen LogP contribution in [0.2, 0.25) is 0 Å². The van der Waals surface area contributed by atoms with Gasteiger partial charge in [-0.05, 0) is 39.0 Å². The number of carbonyl (C=O) groups excluding carboxylic acids is 2. The van der Waals surface area contributed by atoms with Gasteiger partial charge in [-0.1, -0.05) is 36.4 Å². The van der Waals surface area contributed by atoms with Crippen molar-refractivity contribution in [1.29, 1.82) is 0 Å². The first-order valence-electron chi connectivity index (χ1n) is 11.0. The summed E-state index contributed by atoms with van der Waals surface area (Å²) in [4.78, 5) is 51.0. The van der Waals surface area contributed by atoms with Crippen LogP contribution in [0, 0.1) is 6.92 Å². The van der Waals surface area contributed by atoms with Crippen LogP contribution in [0.25, 0.3) is 16.5 Å². The summed E-state index contributed by atoms with van der Waals surface area (Å²) in [5.74, 6) is -1.52. The van der Waals surface area contributed by atoms with Crippen LogP contribution in [0.3, 0.4) is 0 Å². The molecule has 1 N–H and O–H groups in total. The molecule has 35 heavy (non-hydrogen) atoms. The van der Waals surface area contributed by atoms with E-state index >= 15 is 0 Å². The fourth-order valence-corrected chi connectivity index (χ4v) is 3.79. The average molecular weight is 476 g/mol. The Morgan fingerprint density at radius 2 is 1.60 bits per heavy atom. The second kappa shape index (κ2) is 9.41. The summed E-state index contributed by atoms with van der Waals surface area (Å²) < 4.78 is 9.47. The van der Waals surface area contributed by atoms with Crippen LogP contribution < -0.4 is 16.4 Å². The number of hydrogen-bond donors (Lipinski definition) is 1. The Balaban J connectivity index is 1.55. The highest BCUT2D eigenvalue weighted by Gasteiger charge is 2.22. The predicted octanol–water partition coefficient (Wildman–Crippen LogP) is 2.57. The van der Waals surface area contributed by atoms with Gasteiger partial charge in [0.1, 0.15) is 5.69 Å². The van der Waals surface area contributed by atoms with Gasteiger partial charge in [-0.25, -0.2) is 14.2 Å². The summed E-state index contributed by atoms with van der Waals surface area (Å²) in [6, 6.07) is 15.3. The van der Waals surface area contributed by atoms with Crippen molar-refractivity contribution in [2.24, 2.45) is 7.05 Å². The van der Waals surface area contributed by atoms with Crippen LogP contribution >= 0.6 is 0 Å². The number of para-hydroxylation sites is 1. The lowest BCUT2D eigenvalue weighted by atomic mass is 10.1. The van der Waals surface area contributed by atoms with E-state index in [1.54, 1.807) is 68.9 Å². The first-order chi connectivity index (χ1) is 16.7. The number of amides is 1. The number of anilines is 1. The van der Waals surface area contributed by atoms with Crippen LogP contribution in [-0.4, -0.2) is 37.6 Å². The van der Waals surface area contributed by atoms with Crippen LogP contribution in [0.4, 0.5) is 5.69 Å². The Morgan fingerprint density at radius 1 is 0.971 bits per heavy atom. The Hall–Kier alpha value is -4.47. The molecule has 2 aromatic carbocycles. The number of fused-ring (bicyclic) bond motifs is 1. The summed E-state index contributed by atoms with van der Waals surface area (Å²) in [6.45, 7) is 4.62. The molecule has 1 amide bonds. The highest BCUT2D eigenvalue weighted by Crippen LogP contribution is 2.17. The lowest BCUT2D eigenvalue weighted by Gasteiger charge is -2.13. The second-order valence-electron chi connectivity index (χ2n) is 8.30. The lowest BCUT2D eigenvalue weighted by molar-refractivity contribution is -0.119. The number of aromatic nitrogens is 4. The van der Waals surface area contributed by atoms with Crippen molar-refractivity contribution < 1.29 is 14.3 Å². The fourth-order valence-electron chi connectivity index (χ4n) is 3.79. The summed E-state index contributed by atoms with van der Waals surface area (Å²) in [7, 11) is 1.71. The number of carbonyl (C=O) groups is 2. The van der Waals surface area contributed by atoms with Crippen LogP contribution in [0.1, 0.15) is 36.1 Å². The number of nitrogens with zero attached hydrogens (tertiary/aromatic N) is 4. The molecule has 4 rings (SSSR count). The van der Waals surface area contributed by atoms with Gasteiger partial charge in [-0.2, -0.15) is 5.10 Å². The maximum atomic E-state index is 13.0. The second-order valence-corrected chi connectivity index (χ2v) is 8.30. The van der Waals surface area contributed by atoms with Gasteiger partial charge < -0.3 is 10.1 Å². The number of hydrogen-bond acceptors (Lipinski definition) is 6. The molecular weight excluding hydrogens is 450 g/mol. The third-order valence-electron chi connectivity index (χ3n) is 5.66. The zero-order chi connectivity index (χ0) is 25.3. The third-order valence-corrected chi connectivity index (χ3v) is 5.66. The number of nitrogens with one attached hydrogen (secondary N) is 1. The molecule has 0 radical (unpaired) electrons. The highest BCUT2D eigenvalue weighted by atomic mass is 16.5. The number of ether oxygens (including phenoxy) is 1. The Morgan fingerprint density at radius 3 is 2.26 bits per heavy atom. The van der Waals surface area contributed by atoms with Gasteiger partial charge in [0, 0.05) is 12.4 Å². The first kappa shape index (κ1) is 23.7. The van der Waals surface area contributed by atoms with Crippen molar-refractivity contribution >= 4 is 28.3 Å². The minimum Gasteiger partial charge on any atom is -0.451 e. The minimum atomic E-state index is -0.850. The molecular formula is C25H25N5O5. The molecule has 0 bridgehead atoms. The number of esters is 1. The molecule has 0 atom stereocenters. The highest BCUT2D eigenvalue weighted by molar-refractivity contribution is 6.03. The Bertz CT molecular complexity index is 1550. The van der Waals surface area contributed by atoms with E-state index in [9.17, 15) is 19.2 Å². The largest absolute Gasteiger partial charge is 0.451 e. The van der Waals surface area contributed by atoms with E-state index in [0.29, 0.717) is 22.2 Å². The van der Waals surface area contributed by atoms with Crippen molar-refractivity contribution in [3.8, 4) is 5.69 Å². The zero-order valence-corrected chi connectivity index (χ0v) is 19.8. The normalized spacial score (nSPS) is 11.1. The quantitative estimate of drug-likeness (QED) is 0.429. The fraction of sp³-hybridized carbons (Fsp3) is 0.240. The molecule has 2 aromatic heterocycles. The van der Waals surface area contributed by atoms with E-state index in [4.69, 9.17) is 4.74 Å². The van der Waals surface area contributed by atoms with E-state index in [-0.39, 0.29) is 23.0 Å². The van der Waals surface area contributed by atoms with Gasteiger partial charge >= 0.3 is 5.97 Å². The predicted molar refractivity (Wildman–Crippen MR) is 131 cm³/mol. The molecule has 0 saturated carbocycles. The van der Waals surface area contributed by atoms with Crippen LogP contribution in [0.5, 0.6) is 0 Å². The smallest absolute Gasteiger partial charge is 0.359 e. The maximum Gasteiger partial charge on any atom is 0.359 e. The van der Waals surface area contributed by atoms with Gasteiger partial charge in [-0.3, -0.25) is 19.1 Å². The molecule has 2 heterocycles. The van der Waals surface area contributed by atoms with E-state index in [1.165, 1.54) is 9.36 Å². The molecule has 10 heteroatoms. The maximum absolute atomic E-state index is 13.0. The molecule has 0 aliphatic heterocycles. The topological polar surface area (TPSA) is 117 Å². The SMILES string of the molecule is Cc1c(NC(=O)COC(=O)c2nn(C(C)C)c(=O)c3ccccc23)c(=O)n(-c2ccccc2)n1C. The molecule has 0 saturated heterocycles. The van der Waals surface area contributed by atoms with Crippen LogP contribution in [0.15, 0.2) is 64.2 Å². The van der Waals surface area contributed by atoms with Crippen molar-refractivity contribution in [2.75, 3.05) is 11.9 Å². The molecule has 0 aliphatic rings. The summed E-state index contributed by atoms with van der Waals surface area (Å²) in [5.41, 5.74) is 0.480. The molecule has 180 valence electrons. The molecule has 0 unspecified atom stereocenters. The standard InChI is InChI=1S/C25H25N5O5/c1-15(2)29-23(32)19-13-9-8-12-18(19)22(27-29)25(34)35-14-20(31)26-21-16(3)28(4)30(24(21)33)17-10-6-5-7-11-17/h5-13,15H,14H2,1-4H3,(H,26,31). The van der Waals surface area contributed by atoms with Gasteiger partial charge in [0.15, 0.2) is 12.3 Å². The van der Waals surface area contributed by atoms with Gasteiger partial charge in [0.2, 0.25) is 0 Å².